The Kier molecular flexibility index (Phi) is 4.86. The molecule has 1 aliphatic carbocycles. The normalized spacial score (nSPS) is 17.4. The summed E-state index contributed by atoms with van der Waals surface area (Å²) < 4.78 is 1.17. The van der Waals surface area contributed by atoms with Crippen molar-refractivity contribution in [3.8, 4) is 0 Å². The topological polar surface area (TPSA) is 36.4 Å². The van der Waals surface area contributed by atoms with E-state index in [1.54, 1.807) is 11.3 Å². The van der Waals surface area contributed by atoms with E-state index < -0.39 is 0 Å². The molecule has 0 aromatic carbocycles. The second-order valence-electron chi connectivity index (χ2n) is 4.26. The van der Waals surface area contributed by atoms with Crippen LogP contribution in [0.5, 0.6) is 0 Å². The average molecular weight is 316 g/mol. The highest BCUT2D eigenvalue weighted by atomic mass is 79.9. The summed E-state index contributed by atoms with van der Waals surface area (Å²) in [6.45, 7) is 0.836. The van der Waals surface area contributed by atoms with Gasteiger partial charge in [0.15, 0.2) is 5.96 Å². The van der Waals surface area contributed by atoms with Crippen molar-refractivity contribution < 1.29 is 0 Å². The molecule has 0 saturated heterocycles. The van der Waals surface area contributed by atoms with E-state index in [2.05, 4.69) is 43.7 Å². The number of rotatable bonds is 3. The lowest BCUT2D eigenvalue weighted by Crippen LogP contribution is -2.41. The summed E-state index contributed by atoms with van der Waals surface area (Å²) in [7, 11) is 1.83. The molecule has 0 unspecified atom stereocenters. The van der Waals surface area contributed by atoms with Crippen molar-refractivity contribution in [2.45, 2.75) is 38.3 Å². The van der Waals surface area contributed by atoms with Gasteiger partial charge in [0.25, 0.3) is 0 Å². The molecule has 1 heterocycles. The van der Waals surface area contributed by atoms with E-state index in [1.807, 2.05) is 7.05 Å². The van der Waals surface area contributed by atoms with Crippen LogP contribution in [0.2, 0.25) is 0 Å². The SMILES string of the molecule is CN=C(NCc1ccc(Br)s1)NC1CCCC1. The lowest BCUT2D eigenvalue weighted by Gasteiger charge is -2.16. The molecule has 1 aromatic heterocycles. The van der Waals surface area contributed by atoms with Crippen LogP contribution in [0.4, 0.5) is 0 Å². The van der Waals surface area contributed by atoms with Crippen LogP contribution in [-0.4, -0.2) is 19.0 Å². The van der Waals surface area contributed by atoms with Crippen molar-refractivity contribution in [1.29, 1.82) is 0 Å². The second kappa shape index (κ2) is 6.40. The Morgan fingerprint density at radius 2 is 2.24 bits per heavy atom. The Bertz CT molecular complexity index is 383. The predicted octanol–water partition coefficient (Wildman–Crippen LogP) is 3.12. The van der Waals surface area contributed by atoms with Crippen LogP contribution in [0.1, 0.15) is 30.6 Å². The summed E-state index contributed by atoms with van der Waals surface area (Å²) in [5, 5.41) is 6.83. The van der Waals surface area contributed by atoms with E-state index in [0.29, 0.717) is 6.04 Å². The van der Waals surface area contributed by atoms with Gasteiger partial charge in [0.1, 0.15) is 0 Å². The van der Waals surface area contributed by atoms with Gasteiger partial charge >= 0.3 is 0 Å². The summed E-state index contributed by atoms with van der Waals surface area (Å²) in [6.07, 6.45) is 5.22. The van der Waals surface area contributed by atoms with Crippen LogP contribution >= 0.6 is 27.3 Å². The van der Waals surface area contributed by atoms with E-state index in [4.69, 9.17) is 0 Å². The first-order valence-corrected chi connectivity index (χ1v) is 7.60. The van der Waals surface area contributed by atoms with E-state index in [-0.39, 0.29) is 0 Å². The highest BCUT2D eigenvalue weighted by Crippen LogP contribution is 2.21. The molecule has 0 radical (unpaired) electrons. The molecule has 1 aromatic rings. The standard InChI is InChI=1S/C12H18BrN3S/c1-14-12(16-9-4-2-3-5-9)15-8-10-6-7-11(13)17-10/h6-7,9H,2-5,8H2,1H3,(H2,14,15,16). The fraction of sp³-hybridized carbons (Fsp3) is 0.583. The van der Waals surface area contributed by atoms with Crippen LogP contribution in [0.25, 0.3) is 0 Å². The van der Waals surface area contributed by atoms with Crippen molar-refractivity contribution in [2.24, 2.45) is 4.99 Å². The quantitative estimate of drug-likeness (QED) is 0.664. The molecule has 1 saturated carbocycles. The Labute approximate surface area is 115 Å². The summed E-state index contributed by atoms with van der Waals surface area (Å²) in [6, 6.07) is 4.82. The van der Waals surface area contributed by atoms with Crippen molar-refractivity contribution in [2.75, 3.05) is 7.05 Å². The van der Waals surface area contributed by atoms with E-state index in [1.165, 1.54) is 34.3 Å². The fourth-order valence-corrected chi connectivity index (χ4v) is 3.50. The van der Waals surface area contributed by atoms with Gasteiger partial charge in [-0.15, -0.1) is 11.3 Å². The average Bonchev–Trinajstić information content (AvgIpc) is 2.96. The molecule has 1 fully saturated rings. The summed E-state index contributed by atoms with van der Waals surface area (Å²) in [5.74, 6) is 0.918. The first kappa shape index (κ1) is 12.9. The summed E-state index contributed by atoms with van der Waals surface area (Å²) >= 11 is 5.23. The van der Waals surface area contributed by atoms with Gasteiger partial charge in [-0.05, 0) is 40.9 Å². The Hall–Kier alpha value is -0.550. The first-order valence-electron chi connectivity index (χ1n) is 5.99. The van der Waals surface area contributed by atoms with E-state index in [0.717, 1.165) is 12.5 Å². The number of halogens is 1. The third-order valence-electron chi connectivity index (χ3n) is 2.98. The number of nitrogens with one attached hydrogen (secondary N) is 2. The predicted molar refractivity (Wildman–Crippen MR) is 77.6 cm³/mol. The summed E-state index contributed by atoms with van der Waals surface area (Å²) in [4.78, 5) is 5.57. The molecule has 2 rings (SSSR count). The van der Waals surface area contributed by atoms with Crippen LogP contribution < -0.4 is 10.6 Å². The number of thiophene rings is 1. The number of nitrogens with zero attached hydrogens (tertiary/aromatic N) is 1. The fourth-order valence-electron chi connectivity index (χ4n) is 2.08. The minimum absolute atomic E-state index is 0.608. The van der Waals surface area contributed by atoms with Crippen molar-refractivity contribution in [1.82, 2.24) is 10.6 Å². The molecular formula is C12H18BrN3S. The van der Waals surface area contributed by atoms with Gasteiger partial charge in [-0.1, -0.05) is 12.8 Å². The van der Waals surface area contributed by atoms with Crippen LogP contribution in [0.15, 0.2) is 20.9 Å². The van der Waals surface area contributed by atoms with Crippen LogP contribution in [0.3, 0.4) is 0 Å². The zero-order chi connectivity index (χ0) is 12.1. The van der Waals surface area contributed by atoms with Crippen molar-refractivity contribution >= 4 is 33.2 Å². The second-order valence-corrected chi connectivity index (χ2v) is 6.80. The Balaban J connectivity index is 1.79. The largest absolute Gasteiger partial charge is 0.354 e. The minimum Gasteiger partial charge on any atom is -0.354 e. The third kappa shape index (κ3) is 4.00. The van der Waals surface area contributed by atoms with Gasteiger partial charge in [-0.3, -0.25) is 4.99 Å². The zero-order valence-electron chi connectivity index (χ0n) is 10.0. The molecule has 94 valence electrons. The maximum Gasteiger partial charge on any atom is 0.191 e. The molecule has 1 aliphatic rings. The molecule has 17 heavy (non-hydrogen) atoms. The monoisotopic (exact) mass is 315 g/mol. The Morgan fingerprint density at radius 3 is 2.82 bits per heavy atom. The van der Waals surface area contributed by atoms with Gasteiger partial charge < -0.3 is 10.6 Å². The molecule has 0 spiro atoms. The number of guanidine groups is 1. The zero-order valence-corrected chi connectivity index (χ0v) is 12.4. The molecule has 2 N–H and O–H groups in total. The number of hydrogen-bond acceptors (Lipinski definition) is 2. The molecular weight excluding hydrogens is 298 g/mol. The van der Waals surface area contributed by atoms with Gasteiger partial charge in [0, 0.05) is 18.0 Å². The lowest BCUT2D eigenvalue weighted by molar-refractivity contribution is 0.614. The van der Waals surface area contributed by atoms with Crippen molar-refractivity contribution in [3.63, 3.8) is 0 Å². The molecule has 3 nitrogen and oxygen atoms in total. The van der Waals surface area contributed by atoms with Gasteiger partial charge in [-0.25, -0.2) is 0 Å². The molecule has 0 aliphatic heterocycles. The van der Waals surface area contributed by atoms with Gasteiger partial charge in [-0.2, -0.15) is 0 Å². The summed E-state index contributed by atoms with van der Waals surface area (Å²) in [5.41, 5.74) is 0. The maximum absolute atomic E-state index is 4.26. The van der Waals surface area contributed by atoms with E-state index >= 15 is 0 Å². The third-order valence-corrected chi connectivity index (χ3v) is 4.60. The van der Waals surface area contributed by atoms with Crippen molar-refractivity contribution in [3.05, 3.63) is 20.8 Å². The molecule has 0 amide bonds. The highest BCUT2D eigenvalue weighted by molar-refractivity contribution is 9.11. The van der Waals surface area contributed by atoms with Gasteiger partial charge in [0.05, 0.1) is 10.3 Å². The van der Waals surface area contributed by atoms with Crippen LogP contribution in [0, 0.1) is 0 Å². The highest BCUT2D eigenvalue weighted by Gasteiger charge is 2.15. The van der Waals surface area contributed by atoms with Crippen LogP contribution in [-0.2, 0) is 6.54 Å². The number of aliphatic imine (C=N–C) groups is 1. The number of hydrogen-bond donors (Lipinski definition) is 2. The maximum atomic E-state index is 4.26. The van der Waals surface area contributed by atoms with E-state index in [9.17, 15) is 0 Å². The minimum atomic E-state index is 0.608. The smallest absolute Gasteiger partial charge is 0.191 e. The van der Waals surface area contributed by atoms with Gasteiger partial charge in [0.2, 0.25) is 0 Å². The first-order chi connectivity index (χ1) is 8.28. The lowest BCUT2D eigenvalue weighted by atomic mass is 10.2. The molecule has 0 bridgehead atoms. The molecule has 0 atom stereocenters. The Morgan fingerprint density at radius 1 is 1.47 bits per heavy atom. The molecule has 5 heteroatoms.